The van der Waals surface area contributed by atoms with Gasteiger partial charge >= 0.3 is 0 Å². The number of rotatable bonds is 2. The van der Waals surface area contributed by atoms with Crippen LogP contribution in [0.2, 0.25) is 0 Å². The van der Waals surface area contributed by atoms with Gasteiger partial charge in [0.05, 0.1) is 0 Å². The highest BCUT2D eigenvalue weighted by Gasteiger charge is 2.03. The third-order valence-electron chi connectivity index (χ3n) is 1.95. The van der Waals surface area contributed by atoms with Crippen LogP contribution in [0.3, 0.4) is 0 Å². The van der Waals surface area contributed by atoms with Gasteiger partial charge in [-0.3, -0.25) is 4.79 Å². The molecule has 1 aromatic carbocycles. The van der Waals surface area contributed by atoms with E-state index in [1.165, 1.54) is 0 Å². The fourth-order valence-electron chi connectivity index (χ4n) is 1.27. The fourth-order valence-corrected chi connectivity index (χ4v) is 2.80. The van der Waals surface area contributed by atoms with E-state index in [0.717, 1.165) is 21.9 Å². The molecule has 70 valence electrons. The summed E-state index contributed by atoms with van der Waals surface area (Å²) in [5, 5.41) is 4.09. The van der Waals surface area contributed by atoms with Gasteiger partial charge in [0.1, 0.15) is 6.29 Å². The summed E-state index contributed by atoms with van der Waals surface area (Å²) >= 11 is 5.11. The monoisotopic (exact) mass is 266 g/mol. The molecule has 0 aliphatic carbocycles. The molecular weight excluding hydrogens is 260 g/mol. The number of thiophene rings is 1. The highest BCUT2D eigenvalue weighted by molar-refractivity contribution is 9.10. The van der Waals surface area contributed by atoms with Crippen LogP contribution in [0.1, 0.15) is 10.4 Å². The molecule has 0 saturated heterocycles. The molecule has 3 heteroatoms. The van der Waals surface area contributed by atoms with Gasteiger partial charge < -0.3 is 0 Å². The molecule has 0 atom stereocenters. The summed E-state index contributed by atoms with van der Waals surface area (Å²) < 4.78 is 1.07. The van der Waals surface area contributed by atoms with Gasteiger partial charge in [-0.25, -0.2) is 0 Å². The van der Waals surface area contributed by atoms with Crippen molar-refractivity contribution in [2.75, 3.05) is 0 Å². The van der Waals surface area contributed by atoms with Crippen LogP contribution >= 0.6 is 27.3 Å². The smallest absolute Gasteiger partial charge is 0.150 e. The van der Waals surface area contributed by atoms with Crippen LogP contribution in [-0.2, 0) is 0 Å². The van der Waals surface area contributed by atoms with Gasteiger partial charge in [-0.2, -0.15) is 11.3 Å². The molecule has 0 aliphatic heterocycles. The van der Waals surface area contributed by atoms with Crippen molar-refractivity contribution in [3.8, 4) is 11.1 Å². The maximum atomic E-state index is 10.6. The summed E-state index contributed by atoms with van der Waals surface area (Å²) in [6, 6.07) is 7.58. The van der Waals surface area contributed by atoms with Crippen molar-refractivity contribution in [2.24, 2.45) is 0 Å². The summed E-state index contributed by atoms with van der Waals surface area (Å²) in [4.78, 5) is 10.6. The number of hydrogen-bond acceptors (Lipinski definition) is 2. The summed E-state index contributed by atoms with van der Waals surface area (Å²) in [5.41, 5.74) is 2.92. The fraction of sp³-hybridized carbons (Fsp3) is 0. The molecule has 1 aromatic heterocycles. The normalized spacial score (nSPS) is 10.1. The Morgan fingerprint density at radius 1 is 1.29 bits per heavy atom. The molecule has 2 rings (SSSR count). The van der Waals surface area contributed by atoms with Crippen molar-refractivity contribution < 1.29 is 4.79 Å². The third-order valence-corrected chi connectivity index (χ3v) is 3.65. The van der Waals surface area contributed by atoms with Crippen molar-refractivity contribution in [3.05, 3.63) is 45.1 Å². The van der Waals surface area contributed by atoms with Gasteiger partial charge in [0.15, 0.2) is 0 Å². The Balaban J connectivity index is 2.52. The molecule has 0 spiro atoms. The van der Waals surface area contributed by atoms with Gasteiger partial charge in [0.25, 0.3) is 0 Å². The van der Waals surface area contributed by atoms with Crippen LogP contribution in [0, 0.1) is 0 Å². The first-order valence-corrected chi connectivity index (χ1v) is 5.82. The first kappa shape index (κ1) is 9.62. The quantitative estimate of drug-likeness (QED) is 0.752. The van der Waals surface area contributed by atoms with E-state index < -0.39 is 0 Å². The van der Waals surface area contributed by atoms with E-state index in [-0.39, 0.29) is 0 Å². The van der Waals surface area contributed by atoms with Crippen LogP contribution < -0.4 is 0 Å². The lowest BCUT2D eigenvalue weighted by atomic mass is 10.1. The third kappa shape index (κ3) is 1.79. The Labute approximate surface area is 94.5 Å². The minimum Gasteiger partial charge on any atom is -0.298 e. The number of halogens is 1. The van der Waals surface area contributed by atoms with Crippen LogP contribution in [0.5, 0.6) is 0 Å². The highest BCUT2D eigenvalue weighted by Crippen LogP contribution is 2.31. The lowest BCUT2D eigenvalue weighted by molar-refractivity contribution is 0.112. The minimum atomic E-state index is 0.709. The number of aldehydes is 1. The zero-order valence-electron chi connectivity index (χ0n) is 7.24. The summed E-state index contributed by atoms with van der Waals surface area (Å²) in [5.74, 6) is 0. The molecule has 0 unspecified atom stereocenters. The van der Waals surface area contributed by atoms with Crippen molar-refractivity contribution in [2.45, 2.75) is 0 Å². The lowest BCUT2D eigenvalue weighted by Crippen LogP contribution is -1.80. The second-order valence-electron chi connectivity index (χ2n) is 2.88. The number of carbonyl (C=O) groups excluding carboxylic acids is 1. The second-order valence-corrected chi connectivity index (χ2v) is 4.47. The van der Waals surface area contributed by atoms with Crippen molar-refractivity contribution in [1.82, 2.24) is 0 Å². The molecule has 0 amide bonds. The van der Waals surface area contributed by atoms with E-state index in [1.807, 2.05) is 23.6 Å². The number of hydrogen-bond donors (Lipinski definition) is 0. The molecule has 0 fully saturated rings. The predicted molar refractivity (Wildman–Crippen MR) is 62.8 cm³/mol. The Hall–Kier alpha value is -0.930. The molecular formula is C11H7BrOS. The molecule has 2 aromatic rings. The summed E-state index contributed by atoms with van der Waals surface area (Å²) in [6.45, 7) is 0. The second kappa shape index (κ2) is 4.07. The Bertz CT molecular complexity index is 462. The van der Waals surface area contributed by atoms with Crippen LogP contribution in [0.4, 0.5) is 0 Å². The average molecular weight is 267 g/mol. The predicted octanol–water partition coefficient (Wildman–Crippen LogP) is 3.99. The van der Waals surface area contributed by atoms with Crippen molar-refractivity contribution in [1.29, 1.82) is 0 Å². The van der Waals surface area contributed by atoms with E-state index in [1.54, 1.807) is 17.4 Å². The van der Waals surface area contributed by atoms with Crippen LogP contribution in [-0.4, -0.2) is 6.29 Å². The first-order valence-electron chi connectivity index (χ1n) is 4.08. The van der Waals surface area contributed by atoms with Crippen LogP contribution in [0.15, 0.2) is 39.5 Å². The Kier molecular flexibility index (Phi) is 2.79. The summed E-state index contributed by atoms with van der Waals surface area (Å²) in [7, 11) is 0. The van der Waals surface area contributed by atoms with Gasteiger partial charge in [-0.15, -0.1) is 0 Å². The zero-order chi connectivity index (χ0) is 9.97. The SMILES string of the molecule is O=Cc1cccc(-c2cscc2Br)c1. The number of carbonyl (C=O) groups is 1. The lowest BCUT2D eigenvalue weighted by Gasteiger charge is -1.99. The van der Waals surface area contributed by atoms with E-state index >= 15 is 0 Å². The molecule has 14 heavy (non-hydrogen) atoms. The van der Waals surface area contributed by atoms with Crippen LogP contribution in [0.25, 0.3) is 11.1 Å². The van der Waals surface area contributed by atoms with E-state index in [9.17, 15) is 4.79 Å². The average Bonchev–Trinajstić information content (AvgIpc) is 2.65. The highest BCUT2D eigenvalue weighted by atomic mass is 79.9. The largest absolute Gasteiger partial charge is 0.298 e. The molecule has 0 saturated carbocycles. The first-order chi connectivity index (χ1) is 6.81. The number of benzene rings is 1. The topological polar surface area (TPSA) is 17.1 Å². The zero-order valence-corrected chi connectivity index (χ0v) is 9.64. The Morgan fingerprint density at radius 3 is 2.79 bits per heavy atom. The van der Waals surface area contributed by atoms with Gasteiger partial charge in [-0.1, -0.05) is 18.2 Å². The molecule has 1 nitrogen and oxygen atoms in total. The van der Waals surface area contributed by atoms with Gasteiger partial charge in [0, 0.05) is 21.0 Å². The molecule has 1 heterocycles. The Morgan fingerprint density at radius 2 is 2.14 bits per heavy atom. The summed E-state index contributed by atoms with van der Waals surface area (Å²) in [6.07, 6.45) is 0.865. The molecule has 0 radical (unpaired) electrons. The van der Waals surface area contributed by atoms with Crippen molar-refractivity contribution in [3.63, 3.8) is 0 Å². The standard InChI is InChI=1S/C11H7BrOS/c12-11-7-14-6-10(11)9-3-1-2-8(4-9)5-13/h1-7H. The minimum absolute atomic E-state index is 0.709. The van der Waals surface area contributed by atoms with Crippen molar-refractivity contribution >= 4 is 33.6 Å². The molecule has 0 N–H and O–H groups in total. The maximum Gasteiger partial charge on any atom is 0.150 e. The molecule has 0 bridgehead atoms. The maximum absolute atomic E-state index is 10.6. The van der Waals surface area contributed by atoms with Gasteiger partial charge in [-0.05, 0) is 32.9 Å². The van der Waals surface area contributed by atoms with E-state index in [0.29, 0.717) is 5.56 Å². The van der Waals surface area contributed by atoms with Gasteiger partial charge in [0.2, 0.25) is 0 Å². The van der Waals surface area contributed by atoms with E-state index in [4.69, 9.17) is 0 Å². The van der Waals surface area contributed by atoms with E-state index in [2.05, 4.69) is 21.3 Å². The molecule has 0 aliphatic rings.